The first-order valence-corrected chi connectivity index (χ1v) is 6.74. The number of carbonyl (C=O) groups excluding carboxylic acids is 1. The third kappa shape index (κ3) is 3.80. The lowest BCUT2D eigenvalue weighted by Crippen LogP contribution is -2.59. The molecule has 3 nitrogen and oxygen atoms in total. The summed E-state index contributed by atoms with van der Waals surface area (Å²) in [5.74, 6) is -0.243. The fourth-order valence-electron chi connectivity index (χ4n) is 3.05. The van der Waals surface area contributed by atoms with Gasteiger partial charge in [0.15, 0.2) is 0 Å². The van der Waals surface area contributed by atoms with Crippen molar-refractivity contribution in [2.45, 2.75) is 57.7 Å². The van der Waals surface area contributed by atoms with Crippen molar-refractivity contribution in [3.8, 4) is 0 Å². The van der Waals surface area contributed by atoms with Crippen molar-refractivity contribution >= 4 is 5.97 Å². The number of ether oxygens (including phenoxy) is 1. The molecule has 0 saturated carbocycles. The van der Waals surface area contributed by atoms with Crippen LogP contribution < -0.4 is 5.32 Å². The summed E-state index contributed by atoms with van der Waals surface area (Å²) in [6.45, 7) is 8.58. The van der Waals surface area contributed by atoms with Gasteiger partial charge in [0.2, 0.25) is 0 Å². The molecule has 0 unspecified atom stereocenters. The molecule has 1 N–H and O–H groups in total. The van der Waals surface area contributed by atoms with Gasteiger partial charge in [-0.2, -0.15) is 0 Å². The summed E-state index contributed by atoms with van der Waals surface area (Å²) in [7, 11) is 0. The second-order valence-corrected chi connectivity index (χ2v) is 6.62. The molecule has 1 aliphatic rings. The maximum Gasteiger partial charge on any atom is 0.338 e. The lowest BCUT2D eigenvalue weighted by atomic mass is 9.81. The predicted molar refractivity (Wildman–Crippen MR) is 75.0 cm³/mol. The van der Waals surface area contributed by atoms with Crippen LogP contribution in [0, 0.1) is 6.07 Å². The Labute approximate surface area is 115 Å². The van der Waals surface area contributed by atoms with Crippen LogP contribution in [0.15, 0.2) is 24.3 Å². The van der Waals surface area contributed by atoms with Gasteiger partial charge in [-0.25, -0.2) is 4.79 Å². The molecule has 1 heterocycles. The summed E-state index contributed by atoms with van der Waals surface area (Å²) < 4.78 is 5.66. The fraction of sp³-hybridized carbons (Fsp3) is 0.562. The quantitative estimate of drug-likeness (QED) is 0.831. The topological polar surface area (TPSA) is 38.3 Å². The van der Waals surface area contributed by atoms with Gasteiger partial charge in [0.1, 0.15) is 6.10 Å². The van der Waals surface area contributed by atoms with E-state index in [1.807, 2.05) is 0 Å². The van der Waals surface area contributed by atoms with Crippen LogP contribution in [0.2, 0.25) is 0 Å². The van der Waals surface area contributed by atoms with Crippen molar-refractivity contribution < 1.29 is 9.53 Å². The zero-order valence-electron chi connectivity index (χ0n) is 12.1. The van der Waals surface area contributed by atoms with Crippen molar-refractivity contribution in [2.24, 2.45) is 0 Å². The Morgan fingerprint density at radius 2 is 1.74 bits per heavy atom. The second kappa shape index (κ2) is 4.97. The van der Waals surface area contributed by atoms with Gasteiger partial charge in [-0.1, -0.05) is 12.1 Å². The highest BCUT2D eigenvalue weighted by atomic mass is 16.5. The van der Waals surface area contributed by atoms with Crippen LogP contribution in [0.4, 0.5) is 0 Å². The molecular weight excluding hydrogens is 238 g/mol. The van der Waals surface area contributed by atoms with Gasteiger partial charge < -0.3 is 10.1 Å². The second-order valence-electron chi connectivity index (χ2n) is 6.62. The van der Waals surface area contributed by atoms with Crippen molar-refractivity contribution in [3.05, 3.63) is 35.9 Å². The number of rotatable bonds is 2. The van der Waals surface area contributed by atoms with Gasteiger partial charge in [-0.05, 0) is 45.9 Å². The number of hydrogen-bond donors (Lipinski definition) is 1. The monoisotopic (exact) mass is 260 g/mol. The largest absolute Gasteiger partial charge is 0.459 e. The van der Waals surface area contributed by atoms with Crippen LogP contribution in [-0.2, 0) is 4.74 Å². The van der Waals surface area contributed by atoms with Gasteiger partial charge in [-0.15, -0.1) is 0 Å². The lowest BCUT2D eigenvalue weighted by molar-refractivity contribution is -0.00637. The molecule has 1 saturated heterocycles. The average molecular weight is 260 g/mol. The molecule has 19 heavy (non-hydrogen) atoms. The van der Waals surface area contributed by atoms with E-state index in [1.165, 1.54) is 0 Å². The zero-order valence-corrected chi connectivity index (χ0v) is 12.1. The van der Waals surface area contributed by atoms with Gasteiger partial charge in [-0.3, -0.25) is 0 Å². The van der Waals surface area contributed by atoms with E-state index in [4.69, 9.17) is 4.74 Å². The van der Waals surface area contributed by atoms with E-state index in [9.17, 15) is 4.79 Å². The van der Waals surface area contributed by atoms with Gasteiger partial charge in [0, 0.05) is 23.9 Å². The third-order valence-corrected chi connectivity index (χ3v) is 3.38. The molecule has 2 rings (SSSR count). The van der Waals surface area contributed by atoms with Crippen molar-refractivity contribution in [1.82, 2.24) is 5.32 Å². The maximum atomic E-state index is 12.1. The maximum absolute atomic E-state index is 12.1. The van der Waals surface area contributed by atoms with Crippen LogP contribution in [0.1, 0.15) is 50.9 Å². The number of carbonyl (C=O) groups is 1. The Kier molecular flexibility index (Phi) is 3.68. The highest BCUT2D eigenvalue weighted by Gasteiger charge is 2.39. The van der Waals surface area contributed by atoms with Crippen LogP contribution >= 0.6 is 0 Å². The Balaban J connectivity index is 2.05. The number of piperidine rings is 1. The number of benzene rings is 1. The Morgan fingerprint density at radius 1 is 1.21 bits per heavy atom. The SMILES string of the molecule is CC1(C)CC(OC(=O)c2cc[c]cc2)CC(C)(C)N1. The number of esters is 1. The minimum absolute atomic E-state index is 0.0167. The van der Waals surface area contributed by atoms with E-state index in [2.05, 4.69) is 39.1 Å². The molecule has 1 aromatic rings. The molecule has 0 bridgehead atoms. The summed E-state index contributed by atoms with van der Waals surface area (Å²) in [6.07, 6.45) is 1.63. The van der Waals surface area contributed by atoms with Crippen molar-refractivity contribution in [2.75, 3.05) is 0 Å². The fourth-order valence-corrected chi connectivity index (χ4v) is 3.05. The van der Waals surface area contributed by atoms with Crippen LogP contribution in [0.5, 0.6) is 0 Å². The molecule has 3 heteroatoms. The van der Waals surface area contributed by atoms with Crippen molar-refractivity contribution in [1.29, 1.82) is 0 Å². The summed E-state index contributed by atoms with van der Waals surface area (Å²) in [5, 5.41) is 3.58. The van der Waals surface area contributed by atoms with E-state index in [1.54, 1.807) is 24.3 Å². The van der Waals surface area contributed by atoms with Crippen LogP contribution in [0.25, 0.3) is 0 Å². The minimum atomic E-state index is -0.243. The molecule has 1 fully saturated rings. The Bertz CT molecular complexity index is 435. The molecule has 0 amide bonds. The van der Waals surface area contributed by atoms with Crippen LogP contribution in [-0.4, -0.2) is 23.2 Å². The summed E-state index contributed by atoms with van der Waals surface area (Å²) in [4.78, 5) is 12.1. The Morgan fingerprint density at radius 3 is 2.26 bits per heavy atom. The highest BCUT2D eigenvalue weighted by molar-refractivity contribution is 5.89. The average Bonchev–Trinajstić information content (AvgIpc) is 2.25. The molecule has 0 aromatic heterocycles. The van der Waals surface area contributed by atoms with E-state index >= 15 is 0 Å². The first kappa shape index (κ1) is 14.1. The van der Waals surface area contributed by atoms with Crippen molar-refractivity contribution in [3.63, 3.8) is 0 Å². The highest BCUT2D eigenvalue weighted by Crippen LogP contribution is 2.30. The van der Waals surface area contributed by atoms with E-state index in [-0.39, 0.29) is 23.2 Å². The van der Waals surface area contributed by atoms with Gasteiger partial charge in [0.05, 0.1) is 5.56 Å². The molecular formula is C16H22NO2. The molecule has 0 spiro atoms. The standard InChI is InChI=1S/C16H22NO2/c1-15(2)10-13(11-16(3,4)17-15)19-14(18)12-8-6-5-7-9-12/h6-9,13,17H,10-11H2,1-4H3. The van der Waals surface area contributed by atoms with E-state index in [0.717, 1.165) is 12.8 Å². The zero-order chi connectivity index (χ0) is 14.1. The summed E-state index contributed by atoms with van der Waals surface area (Å²) in [5.41, 5.74) is 0.557. The third-order valence-electron chi connectivity index (χ3n) is 3.38. The summed E-state index contributed by atoms with van der Waals surface area (Å²) in [6, 6.07) is 9.83. The van der Waals surface area contributed by atoms with Gasteiger partial charge >= 0.3 is 5.97 Å². The smallest absolute Gasteiger partial charge is 0.338 e. The number of nitrogens with one attached hydrogen (secondary N) is 1. The van der Waals surface area contributed by atoms with E-state index in [0.29, 0.717) is 5.56 Å². The first-order valence-electron chi connectivity index (χ1n) is 6.74. The molecule has 103 valence electrons. The lowest BCUT2D eigenvalue weighted by Gasteiger charge is -2.45. The minimum Gasteiger partial charge on any atom is -0.459 e. The molecule has 1 aromatic carbocycles. The van der Waals surface area contributed by atoms with Crippen LogP contribution in [0.3, 0.4) is 0 Å². The van der Waals surface area contributed by atoms with Gasteiger partial charge in [0.25, 0.3) is 0 Å². The van der Waals surface area contributed by atoms with E-state index < -0.39 is 0 Å². The molecule has 1 aliphatic heterocycles. The normalized spacial score (nSPS) is 21.9. The Hall–Kier alpha value is -1.35. The number of hydrogen-bond acceptors (Lipinski definition) is 3. The first-order chi connectivity index (χ1) is 8.77. The molecule has 0 aliphatic carbocycles. The summed E-state index contributed by atoms with van der Waals surface area (Å²) >= 11 is 0. The predicted octanol–water partition coefficient (Wildman–Crippen LogP) is 2.95. The molecule has 0 atom stereocenters. The molecule has 1 radical (unpaired) electrons.